The van der Waals surface area contributed by atoms with Crippen molar-refractivity contribution in [2.45, 2.75) is 25.4 Å². The molecule has 0 saturated carbocycles. The Morgan fingerprint density at radius 3 is 2.77 bits per heavy atom. The minimum Gasteiger partial charge on any atom is -0.337 e. The molecule has 1 aliphatic heterocycles. The molecule has 22 heavy (non-hydrogen) atoms. The van der Waals surface area contributed by atoms with Gasteiger partial charge in [0.25, 0.3) is 5.91 Å². The Labute approximate surface area is 131 Å². The van der Waals surface area contributed by atoms with Gasteiger partial charge in [0.1, 0.15) is 0 Å². The molecule has 4 nitrogen and oxygen atoms in total. The maximum Gasteiger partial charge on any atom is 0.253 e. The van der Waals surface area contributed by atoms with Crippen LogP contribution in [0.25, 0.3) is 0 Å². The van der Waals surface area contributed by atoms with Crippen molar-refractivity contribution in [2.24, 2.45) is 0 Å². The number of carbonyl (C=O) groups excluding carboxylic acids is 1. The first-order valence-electron chi connectivity index (χ1n) is 7.80. The number of benzene rings is 1. The highest BCUT2D eigenvalue weighted by molar-refractivity contribution is 5.94. The average molecular weight is 295 g/mol. The first-order valence-corrected chi connectivity index (χ1v) is 7.80. The van der Waals surface area contributed by atoms with Gasteiger partial charge in [-0.2, -0.15) is 0 Å². The minimum atomic E-state index is 0.130. The third-order valence-electron chi connectivity index (χ3n) is 4.03. The maximum absolute atomic E-state index is 12.5. The molecule has 1 unspecified atom stereocenters. The number of hydrogen-bond acceptors (Lipinski definition) is 3. The quantitative estimate of drug-likeness (QED) is 0.942. The Bertz CT molecular complexity index is 600. The highest BCUT2D eigenvalue weighted by atomic mass is 16.2. The standard InChI is InChI=1S/C18H21N3O/c22-18(15-7-2-1-3-8-15)21-12-6-10-17(14-21)20-13-16-9-4-5-11-19-16/h1-5,7-9,11,17,20H,6,10,12-14H2. The van der Waals surface area contributed by atoms with E-state index in [2.05, 4.69) is 10.3 Å². The Morgan fingerprint density at radius 1 is 1.18 bits per heavy atom. The molecule has 3 rings (SSSR count). The molecule has 0 bridgehead atoms. The van der Waals surface area contributed by atoms with Crippen molar-refractivity contribution in [2.75, 3.05) is 13.1 Å². The molecule has 114 valence electrons. The SMILES string of the molecule is O=C(c1ccccc1)N1CCCC(NCc2ccccn2)C1. The number of amides is 1. The van der Waals surface area contributed by atoms with E-state index in [4.69, 9.17) is 0 Å². The van der Waals surface area contributed by atoms with E-state index < -0.39 is 0 Å². The second kappa shape index (κ2) is 7.18. The molecule has 1 aromatic heterocycles. The van der Waals surface area contributed by atoms with Crippen molar-refractivity contribution in [3.05, 3.63) is 66.0 Å². The largest absolute Gasteiger partial charge is 0.337 e. The first kappa shape index (κ1) is 14.7. The summed E-state index contributed by atoms with van der Waals surface area (Å²) in [4.78, 5) is 18.8. The monoisotopic (exact) mass is 295 g/mol. The second-order valence-corrected chi connectivity index (χ2v) is 5.66. The van der Waals surface area contributed by atoms with Crippen LogP contribution in [0.3, 0.4) is 0 Å². The molecule has 1 fully saturated rings. The van der Waals surface area contributed by atoms with Crippen LogP contribution >= 0.6 is 0 Å². The summed E-state index contributed by atoms with van der Waals surface area (Å²) in [5.74, 6) is 0.130. The number of likely N-dealkylation sites (tertiary alicyclic amines) is 1. The third kappa shape index (κ3) is 3.71. The molecular weight excluding hydrogens is 274 g/mol. The number of nitrogens with one attached hydrogen (secondary N) is 1. The average Bonchev–Trinajstić information content (AvgIpc) is 2.61. The van der Waals surface area contributed by atoms with E-state index in [0.717, 1.165) is 43.7 Å². The molecule has 1 saturated heterocycles. The van der Waals surface area contributed by atoms with Crippen molar-refractivity contribution in [1.82, 2.24) is 15.2 Å². The molecule has 0 spiro atoms. The summed E-state index contributed by atoms with van der Waals surface area (Å²) < 4.78 is 0. The molecule has 1 aromatic carbocycles. The molecule has 1 N–H and O–H groups in total. The van der Waals surface area contributed by atoms with Crippen LogP contribution in [0.4, 0.5) is 0 Å². The zero-order valence-electron chi connectivity index (χ0n) is 12.6. The number of nitrogens with zero attached hydrogens (tertiary/aromatic N) is 2. The van der Waals surface area contributed by atoms with Gasteiger partial charge >= 0.3 is 0 Å². The lowest BCUT2D eigenvalue weighted by atomic mass is 10.0. The highest BCUT2D eigenvalue weighted by Gasteiger charge is 2.24. The lowest BCUT2D eigenvalue weighted by molar-refractivity contribution is 0.0694. The van der Waals surface area contributed by atoms with Gasteiger partial charge < -0.3 is 10.2 Å². The molecule has 2 heterocycles. The van der Waals surface area contributed by atoms with Gasteiger partial charge in [-0.15, -0.1) is 0 Å². The van der Waals surface area contributed by atoms with Gasteiger partial charge in [0.05, 0.1) is 5.69 Å². The topological polar surface area (TPSA) is 45.2 Å². The molecule has 1 amide bonds. The predicted octanol–water partition coefficient (Wildman–Crippen LogP) is 2.48. The number of pyridine rings is 1. The summed E-state index contributed by atoms with van der Waals surface area (Å²) in [6.45, 7) is 2.36. The van der Waals surface area contributed by atoms with Gasteiger partial charge in [0, 0.05) is 37.4 Å². The zero-order chi connectivity index (χ0) is 15.2. The number of carbonyl (C=O) groups is 1. The highest BCUT2D eigenvalue weighted by Crippen LogP contribution is 2.14. The van der Waals surface area contributed by atoms with Crippen LogP contribution in [0.5, 0.6) is 0 Å². The van der Waals surface area contributed by atoms with Crippen LogP contribution in [-0.2, 0) is 6.54 Å². The fraction of sp³-hybridized carbons (Fsp3) is 0.333. The van der Waals surface area contributed by atoms with Gasteiger partial charge in [0.15, 0.2) is 0 Å². The first-order chi connectivity index (χ1) is 10.8. The molecule has 4 heteroatoms. The van der Waals surface area contributed by atoms with E-state index in [0.29, 0.717) is 6.04 Å². The van der Waals surface area contributed by atoms with E-state index in [1.807, 2.05) is 59.6 Å². The molecule has 1 atom stereocenters. The number of rotatable bonds is 4. The minimum absolute atomic E-state index is 0.130. The fourth-order valence-corrected chi connectivity index (χ4v) is 2.84. The summed E-state index contributed by atoms with van der Waals surface area (Å²) in [6.07, 6.45) is 3.95. The van der Waals surface area contributed by atoms with Crippen molar-refractivity contribution in [3.8, 4) is 0 Å². The summed E-state index contributed by atoms with van der Waals surface area (Å²) in [6, 6.07) is 15.8. The van der Waals surface area contributed by atoms with Crippen molar-refractivity contribution in [3.63, 3.8) is 0 Å². The summed E-state index contributed by atoms with van der Waals surface area (Å²) in [5, 5.41) is 3.52. The van der Waals surface area contributed by atoms with Crippen LogP contribution in [0.1, 0.15) is 28.9 Å². The molecule has 2 aromatic rings. The van der Waals surface area contributed by atoms with E-state index in [1.165, 1.54) is 0 Å². The second-order valence-electron chi connectivity index (χ2n) is 5.66. The van der Waals surface area contributed by atoms with Crippen LogP contribution in [0.15, 0.2) is 54.7 Å². The summed E-state index contributed by atoms with van der Waals surface area (Å²) >= 11 is 0. The Kier molecular flexibility index (Phi) is 4.81. The smallest absolute Gasteiger partial charge is 0.253 e. The predicted molar refractivity (Wildman–Crippen MR) is 86.4 cm³/mol. The Hall–Kier alpha value is -2.20. The van der Waals surface area contributed by atoms with E-state index in [1.54, 1.807) is 0 Å². The van der Waals surface area contributed by atoms with E-state index in [-0.39, 0.29) is 5.91 Å². The van der Waals surface area contributed by atoms with Gasteiger partial charge in [0.2, 0.25) is 0 Å². The Morgan fingerprint density at radius 2 is 2.00 bits per heavy atom. The normalized spacial score (nSPS) is 18.2. The van der Waals surface area contributed by atoms with Crippen LogP contribution < -0.4 is 5.32 Å². The van der Waals surface area contributed by atoms with Crippen molar-refractivity contribution < 1.29 is 4.79 Å². The van der Waals surface area contributed by atoms with Gasteiger partial charge in [-0.05, 0) is 37.1 Å². The number of piperidine rings is 1. The van der Waals surface area contributed by atoms with Gasteiger partial charge in [-0.3, -0.25) is 9.78 Å². The summed E-state index contributed by atoms with van der Waals surface area (Å²) in [7, 11) is 0. The van der Waals surface area contributed by atoms with Crippen LogP contribution in [-0.4, -0.2) is 34.9 Å². The van der Waals surface area contributed by atoms with Crippen LogP contribution in [0, 0.1) is 0 Å². The zero-order valence-corrected chi connectivity index (χ0v) is 12.6. The molecule has 1 aliphatic rings. The molecule has 0 aliphatic carbocycles. The number of aromatic nitrogens is 1. The maximum atomic E-state index is 12.5. The third-order valence-corrected chi connectivity index (χ3v) is 4.03. The van der Waals surface area contributed by atoms with Crippen molar-refractivity contribution >= 4 is 5.91 Å². The number of hydrogen-bond donors (Lipinski definition) is 1. The Balaban J connectivity index is 1.56. The van der Waals surface area contributed by atoms with Gasteiger partial charge in [-0.25, -0.2) is 0 Å². The fourth-order valence-electron chi connectivity index (χ4n) is 2.84. The van der Waals surface area contributed by atoms with Gasteiger partial charge in [-0.1, -0.05) is 24.3 Å². The van der Waals surface area contributed by atoms with E-state index >= 15 is 0 Å². The van der Waals surface area contributed by atoms with Crippen LogP contribution in [0.2, 0.25) is 0 Å². The van der Waals surface area contributed by atoms with E-state index in [9.17, 15) is 4.79 Å². The van der Waals surface area contributed by atoms with Crippen molar-refractivity contribution in [1.29, 1.82) is 0 Å². The lowest BCUT2D eigenvalue weighted by Crippen LogP contribution is -2.47. The lowest BCUT2D eigenvalue weighted by Gasteiger charge is -2.33. The molecular formula is C18H21N3O. The molecule has 0 radical (unpaired) electrons. The summed E-state index contributed by atoms with van der Waals surface area (Å²) in [5.41, 5.74) is 1.81.